The van der Waals surface area contributed by atoms with Crippen LogP contribution in [0.5, 0.6) is 17.2 Å². The first-order valence-electron chi connectivity index (χ1n) is 10.7. The van der Waals surface area contributed by atoms with Gasteiger partial charge in [0.05, 0.1) is 27.4 Å². The fourth-order valence-corrected chi connectivity index (χ4v) is 3.02. The molecule has 0 aromatic heterocycles. The quantitative estimate of drug-likeness (QED) is 0.660. The van der Waals surface area contributed by atoms with Crippen LogP contribution in [0.15, 0.2) is 54.6 Å². The number of esters is 1. The van der Waals surface area contributed by atoms with E-state index in [1.165, 1.54) is 19.3 Å². The van der Waals surface area contributed by atoms with Crippen LogP contribution in [0.3, 0.4) is 0 Å². The molecule has 0 saturated heterocycles. The van der Waals surface area contributed by atoms with Crippen LogP contribution in [0.25, 0.3) is 6.08 Å². The van der Waals surface area contributed by atoms with Gasteiger partial charge in [0.15, 0.2) is 5.78 Å². The summed E-state index contributed by atoms with van der Waals surface area (Å²) in [6, 6.07) is 10.4. The van der Waals surface area contributed by atoms with E-state index in [0.29, 0.717) is 30.6 Å². The molecule has 2 aromatic carbocycles. The Labute approximate surface area is 193 Å². The average molecular weight is 455 g/mol. The minimum absolute atomic E-state index is 0.0708. The van der Waals surface area contributed by atoms with Crippen LogP contribution in [0, 0.1) is 0 Å². The molecular weight excluding hydrogens is 424 g/mol. The topological polar surface area (TPSA) is 102 Å². The van der Waals surface area contributed by atoms with Gasteiger partial charge in [-0.25, -0.2) is 4.79 Å². The van der Waals surface area contributed by atoms with E-state index in [1.54, 1.807) is 25.3 Å². The van der Waals surface area contributed by atoms with Gasteiger partial charge in [0.2, 0.25) is 0 Å². The van der Waals surface area contributed by atoms with Crippen LogP contribution in [0.4, 0.5) is 0 Å². The number of cyclic esters (lactones) is 1. The Morgan fingerprint density at radius 3 is 2.30 bits per heavy atom. The molecule has 2 aromatic rings. The van der Waals surface area contributed by atoms with Gasteiger partial charge in [-0.3, -0.25) is 4.79 Å². The maximum atomic E-state index is 12.2. The van der Waals surface area contributed by atoms with Gasteiger partial charge in [0, 0.05) is 12.5 Å². The Balaban J connectivity index is 0.000000321. The van der Waals surface area contributed by atoms with E-state index >= 15 is 0 Å². The van der Waals surface area contributed by atoms with E-state index in [-0.39, 0.29) is 30.3 Å². The molecule has 0 atom stereocenters. The largest absolute Gasteiger partial charge is 0.507 e. The SMILES string of the molecule is COc1cc(O)c2c(c1)/C=C/CCCC(=O)/C=C\CCOC2=O.COc1ccc(CO)cc1. The predicted octanol–water partition coefficient (Wildman–Crippen LogP) is 4.46. The fraction of sp³-hybridized carbons (Fsp3) is 0.308. The summed E-state index contributed by atoms with van der Waals surface area (Å²) in [7, 11) is 3.11. The number of phenolic OH excluding ortho intramolecular Hbond substituents is 1. The van der Waals surface area contributed by atoms with E-state index in [9.17, 15) is 14.7 Å². The van der Waals surface area contributed by atoms with Crippen molar-refractivity contribution in [3.05, 3.63) is 71.3 Å². The number of aliphatic hydroxyl groups is 1. The van der Waals surface area contributed by atoms with E-state index in [2.05, 4.69) is 0 Å². The molecule has 0 fully saturated rings. The lowest BCUT2D eigenvalue weighted by atomic mass is 10.0. The van der Waals surface area contributed by atoms with Gasteiger partial charge in [-0.15, -0.1) is 0 Å². The van der Waals surface area contributed by atoms with Crippen molar-refractivity contribution >= 4 is 17.8 Å². The second-order valence-electron chi connectivity index (χ2n) is 7.20. The maximum Gasteiger partial charge on any atom is 0.342 e. The Morgan fingerprint density at radius 1 is 0.939 bits per heavy atom. The number of hydrogen-bond donors (Lipinski definition) is 2. The van der Waals surface area contributed by atoms with Crippen molar-refractivity contribution in [2.45, 2.75) is 32.3 Å². The molecule has 33 heavy (non-hydrogen) atoms. The molecule has 7 nitrogen and oxygen atoms in total. The standard InChI is InChI=1S/C18H20O5.C8H10O2/c1-22-15-11-13-7-3-2-4-8-14(19)9-5-6-10-23-18(21)17(13)16(20)12-15;1-10-8-4-2-7(6-9)3-5-8/h3,5,7,9,11-12,20H,2,4,6,8,10H2,1H3;2-5,9H,6H2,1H3/b7-3+,9-5-;. The van der Waals surface area contributed by atoms with Crippen molar-refractivity contribution < 1.29 is 34.0 Å². The van der Waals surface area contributed by atoms with E-state index < -0.39 is 5.97 Å². The number of ether oxygens (including phenoxy) is 3. The zero-order valence-electron chi connectivity index (χ0n) is 19.0. The molecule has 1 aliphatic heterocycles. The highest BCUT2D eigenvalue weighted by molar-refractivity contribution is 5.97. The minimum atomic E-state index is -0.596. The second kappa shape index (κ2) is 13.8. The highest BCUT2D eigenvalue weighted by atomic mass is 16.5. The summed E-state index contributed by atoms with van der Waals surface area (Å²) in [5, 5.41) is 18.8. The smallest absolute Gasteiger partial charge is 0.342 e. The van der Waals surface area contributed by atoms with Crippen molar-refractivity contribution in [1.29, 1.82) is 0 Å². The van der Waals surface area contributed by atoms with Crippen molar-refractivity contribution in [2.24, 2.45) is 0 Å². The molecule has 0 bridgehead atoms. The first-order chi connectivity index (χ1) is 16.0. The molecule has 0 amide bonds. The third kappa shape index (κ3) is 8.46. The molecule has 1 heterocycles. The number of carbonyl (C=O) groups is 2. The number of hydrogen-bond acceptors (Lipinski definition) is 7. The number of methoxy groups -OCH3 is 2. The molecule has 1 aliphatic rings. The van der Waals surface area contributed by atoms with E-state index in [4.69, 9.17) is 19.3 Å². The van der Waals surface area contributed by atoms with Crippen molar-refractivity contribution in [3.8, 4) is 17.2 Å². The lowest BCUT2D eigenvalue weighted by molar-refractivity contribution is -0.114. The summed E-state index contributed by atoms with van der Waals surface area (Å²) >= 11 is 0. The first kappa shape index (κ1) is 25.7. The number of rotatable bonds is 3. The van der Waals surface area contributed by atoms with Gasteiger partial charge in [0.25, 0.3) is 0 Å². The third-order valence-corrected chi connectivity index (χ3v) is 4.82. The van der Waals surface area contributed by atoms with E-state index in [1.807, 2.05) is 30.3 Å². The number of allylic oxidation sites excluding steroid dienone is 2. The van der Waals surface area contributed by atoms with Crippen molar-refractivity contribution in [2.75, 3.05) is 20.8 Å². The Bertz CT molecular complexity index is 952. The van der Waals surface area contributed by atoms with Crippen LogP contribution in [-0.4, -0.2) is 42.8 Å². The van der Waals surface area contributed by atoms with Gasteiger partial charge in [-0.2, -0.15) is 0 Å². The first-order valence-corrected chi connectivity index (χ1v) is 10.7. The highest BCUT2D eigenvalue weighted by Crippen LogP contribution is 2.30. The molecule has 0 spiro atoms. The lowest BCUT2D eigenvalue weighted by Crippen LogP contribution is -2.09. The molecule has 7 heteroatoms. The summed E-state index contributed by atoms with van der Waals surface area (Å²) < 4.78 is 15.2. The highest BCUT2D eigenvalue weighted by Gasteiger charge is 2.18. The molecule has 2 N–H and O–H groups in total. The fourth-order valence-electron chi connectivity index (χ4n) is 3.02. The second-order valence-corrected chi connectivity index (χ2v) is 7.20. The van der Waals surface area contributed by atoms with Crippen molar-refractivity contribution in [1.82, 2.24) is 0 Å². The molecule has 176 valence electrons. The van der Waals surface area contributed by atoms with Gasteiger partial charge in [-0.1, -0.05) is 30.4 Å². The van der Waals surface area contributed by atoms with Crippen LogP contribution >= 0.6 is 0 Å². The number of fused-ring (bicyclic) bond motifs is 1. The van der Waals surface area contributed by atoms with Gasteiger partial charge in [-0.05, 0) is 54.7 Å². The Hall–Kier alpha value is -3.58. The summed E-state index contributed by atoms with van der Waals surface area (Å²) in [4.78, 5) is 23.8. The molecule has 0 aliphatic carbocycles. The number of aromatic hydroxyl groups is 1. The van der Waals surface area contributed by atoms with Crippen LogP contribution < -0.4 is 9.47 Å². The summed E-state index contributed by atoms with van der Waals surface area (Å²) in [5.41, 5.74) is 1.56. The minimum Gasteiger partial charge on any atom is -0.507 e. The monoisotopic (exact) mass is 454 g/mol. The van der Waals surface area contributed by atoms with Gasteiger partial charge < -0.3 is 24.4 Å². The average Bonchev–Trinajstić information content (AvgIpc) is 2.83. The number of phenols is 1. The van der Waals surface area contributed by atoms with Crippen LogP contribution in [0.1, 0.15) is 47.2 Å². The molecule has 0 unspecified atom stereocenters. The summed E-state index contributed by atoms with van der Waals surface area (Å²) in [6.45, 7) is 0.237. The molecule has 0 saturated carbocycles. The number of carbonyl (C=O) groups excluding carboxylic acids is 2. The molecular formula is C26H30O7. The van der Waals surface area contributed by atoms with Crippen molar-refractivity contribution in [3.63, 3.8) is 0 Å². The lowest BCUT2D eigenvalue weighted by Gasteiger charge is -2.11. The van der Waals surface area contributed by atoms with Crippen LogP contribution in [-0.2, 0) is 16.1 Å². The number of aliphatic hydroxyl groups excluding tert-OH is 1. The third-order valence-electron chi connectivity index (χ3n) is 4.82. The summed E-state index contributed by atoms with van der Waals surface area (Å²) in [6.07, 6.45) is 9.21. The maximum absolute atomic E-state index is 12.2. The summed E-state index contributed by atoms with van der Waals surface area (Å²) in [5.74, 6) is 0.574. The number of ketones is 1. The molecule has 3 rings (SSSR count). The zero-order valence-corrected chi connectivity index (χ0v) is 19.0. The normalized spacial score (nSPS) is 16.2. The number of benzene rings is 2. The Morgan fingerprint density at radius 2 is 1.64 bits per heavy atom. The van der Waals surface area contributed by atoms with Gasteiger partial charge in [0.1, 0.15) is 22.8 Å². The van der Waals surface area contributed by atoms with Crippen LogP contribution in [0.2, 0.25) is 0 Å². The zero-order chi connectivity index (χ0) is 24.1. The molecule has 0 radical (unpaired) electrons. The predicted molar refractivity (Wildman–Crippen MR) is 126 cm³/mol. The van der Waals surface area contributed by atoms with E-state index in [0.717, 1.165) is 17.7 Å². The Kier molecular flexibility index (Phi) is 10.7. The van der Waals surface area contributed by atoms with Gasteiger partial charge >= 0.3 is 5.97 Å².